The van der Waals surface area contributed by atoms with E-state index in [1.165, 1.54) is 51.4 Å². The van der Waals surface area contributed by atoms with Crippen LogP contribution in [0.15, 0.2) is 23.8 Å². The second-order valence-corrected chi connectivity index (χ2v) is 5.33. The molecule has 1 fully saturated rings. The predicted molar refractivity (Wildman–Crippen MR) is 66.8 cm³/mol. The van der Waals surface area contributed by atoms with Crippen molar-refractivity contribution in [1.29, 1.82) is 0 Å². The number of hydrogen-bond donors (Lipinski definition) is 0. The molecule has 0 N–H and O–H groups in total. The molecule has 0 aromatic heterocycles. The van der Waals surface area contributed by atoms with Gasteiger partial charge < -0.3 is 0 Å². The van der Waals surface area contributed by atoms with Crippen LogP contribution in [-0.2, 0) is 0 Å². The summed E-state index contributed by atoms with van der Waals surface area (Å²) in [5, 5.41) is 0. The summed E-state index contributed by atoms with van der Waals surface area (Å²) in [5.41, 5.74) is 1.69. The summed E-state index contributed by atoms with van der Waals surface area (Å²) in [5.74, 6) is 2.00. The van der Waals surface area contributed by atoms with Crippen LogP contribution in [0.1, 0.15) is 58.3 Å². The molecule has 2 aliphatic rings. The Morgan fingerprint density at radius 2 is 2.07 bits per heavy atom. The highest BCUT2D eigenvalue weighted by atomic mass is 14.3. The van der Waals surface area contributed by atoms with Gasteiger partial charge in [-0.1, -0.05) is 56.4 Å². The van der Waals surface area contributed by atoms with Crippen LogP contribution in [0.3, 0.4) is 0 Å². The molecular formula is C15H24. The lowest BCUT2D eigenvalue weighted by atomic mass is 9.77. The lowest BCUT2D eigenvalue weighted by Gasteiger charge is -2.29. The van der Waals surface area contributed by atoms with Crippen molar-refractivity contribution in [3.63, 3.8) is 0 Å². The first-order chi connectivity index (χ1) is 7.36. The van der Waals surface area contributed by atoms with Crippen molar-refractivity contribution in [1.82, 2.24) is 0 Å². The van der Waals surface area contributed by atoms with Crippen molar-refractivity contribution >= 4 is 0 Å². The molecule has 0 saturated heterocycles. The van der Waals surface area contributed by atoms with E-state index in [4.69, 9.17) is 0 Å². The Bertz CT molecular complexity index is 247. The standard InChI is InChI=1S/C15H24/c1-13-7-5-6-10-15(13)12-11-14-8-3-2-4-9-14/h2-3,9,13,15H,4-8,10-12H2,1H3/t13?,15-/m1/s1. The van der Waals surface area contributed by atoms with Crippen molar-refractivity contribution in [3.8, 4) is 0 Å². The molecule has 0 aliphatic heterocycles. The fraction of sp³-hybridized carbons (Fsp3) is 0.733. The second-order valence-electron chi connectivity index (χ2n) is 5.33. The van der Waals surface area contributed by atoms with Gasteiger partial charge in [0, 0.05) is 0 Å². The highest BCUT2D eigenvalue weighted by molar-refractivity contribution is 5.14. The Hall–Kier alpha value is -0.520. The zero-order valence-electron chi connectivity index (χ0n) is 10.0. The molecule has 0 heteroatoms. The van der Waals surface area contributed by atoms with Gasteiger partial charge in [0.2, 0.25) is 0 Å². The summed E-state index contributed by atoms with van der Waals surface area (Å²) >= 11 is 0. The molecule has 0 nitrogen and oxygen atoms in total. The minimum atomic E-state index is 0.985. The Morgan fingerprint density at radius 3 is 2.80 bits per heavy atom. The molecule has 1 unspecified atom stereocenters. The van der Waals surface area contributed by atoms with E-state index in [0.29, 0.717) is 0 Å². The highest BCUT2D eigenvalue weighted by Crippen LogP contribution is 2.34. The van der Waals surface area contributed by atoms with Crippen molar-refractivity contribution < 1.29 is 0 Å². The minimum absolute atomic E-state index is 0.985. The van der Waals surface area contributed by atoms with Crippen molar-refractivity contribution in [3.05, 3.63) is 23.8 Å². The summed E-state index contributed by atoms with van der Waals surface area (Å²) in [6, 6.07) is 0. The van der Waals surface area contributed by atoms with Crippen LogP contribution >= 0.6 is 0 Å². The molecule has 2 aliphatic carbocycles. The summed E-state index contributed by atoms with van der Waals surface area (Å²) in [7, 11) is 0. The van der Waals surface area contributed by atoms with E-state index in [-0.39, 0.29) is 0 Å². The van der Waals surface area contributed by atoms with E-state index in [0.717, 1.165) is 11.8 Å². The molecule has 0 spiro atoms. The third-order valence-corrected chi connectivity index (χ3v) is 4.21. The Balaban J connectivity index is 1.74. The molecule has 0 aromatic carbocycles. The molecule has 15 heavy (non-hydrogen) atoms. The van der Waals surface area contributed by atoms with Gasteiger partial charge in [-0.15, -0.1) is 0 Å². The van der Waals surface area contributed by atoms with E-state index in [1.807, 2.05) is 0 Å². The number of allylic oxidation sites excluding steroid dienone is 4. The third-order valence-electron chi connectivity index (χ3n) is 4.21. The van der Waals surface area contributed by atoms with Gasteiger partial charge in [-0.3, -0.25) is 0 Å². The van der Waals surface area contributed by atoms with E-state index in [2.05, 4.69) is 25.2 Å². The maximum Gasteiger partial charge on any atom is -0.0139 e. The van der Waals surface area contributed by atoms with Crippen molar-refractivity contribution in [2.75, 3.05) is 0 Å². The van der Waals surface area contributed by atoms with E-state index >= 15 is 0 Å². The molecule has 2 rings (SSSR count). The maximum absolute atomic E-state index is 2.46. The highest BCUT2D eigenvalue weighted by Gasteiger charge is 2.20. The van der Waals surface area contributed by atoms with E-state index < -0.39 is 0 Å². The lowest BCUT2D eigenvalue weighted by Crippen LogP contribution is -2.16. The van der Waals surface area contributed by atoms with Crippen molar-refractivity contribution in [2.24, 2.45) is 11.8 Å². The van der Waals surface area contributed by atoms with Gasteiger partial charge in [0.1, 0.15) is 0 Å². The average Bonchev–Trinajstić information content (AvgIpc) is 2.29. The quantitative estimate of drug-likeness (QED) is 0.575. The van der Waals surface area contributed by atoms with Crippen LogP contribution < -0.4 is 0 Å². The first kappa shape index (κ1) is 11.0. The van der Waals surface area contributed by atoms with Crippen LogP contribution in [0.4, 0.5) is 0 Å². The monoisotopic (exact) mass is 204 g/mol. The SMILES string of the molecule is CC1CCCC[C@@H]1CCC1=CCC=CC1. The minimum Gasteiger partial charge on any atom is -0.0844 e. The smallest absolute Gasteiger partial charge is 0.0139 e. The van der Waals surface area contributed by atoms with Gasteiger partial charge in [-0.25, -0.2) is 0 Å². The molecule has 1 saturated carbocycles. The Kier molecular flexibility index (Phi) is 4.05. The van der Waals surface area contributed by atoms with Gasteiger partial charge >= 0.3 is 0 Å². The first-order valence-electron chi connectivity index (χ1n) is 6.69. The van der Waals surface area contributed by atoms with Crippen LogP contribution in [0.2, 0.25) is 0 Å². The Labute approximate surface area is 94.5 Å². The van der Waals surface area contributed by atoms with Crippen molar-refractivity contribution in [2.45, 2.75) is 58.3 Å². The maximum atomic E-state index is 2.46. The number of rotatable bonds is 3. The van der Waals surface area contributed by atoms with Gasteiger partial charge in [0.25, 0.3) is 0 Å². The zero-order chi connectivity index (χ0) is 10.5. The summed E-state index contributed by atoms with van der Waals surface area (Å²) < 4.78 is 0. The van der Waals surface area contributed by atoms with Crippen LogP contribution in [0, 0.1) is 11.8 Å². The molecule has 0 heterocycles. The lowest BCUT2D eigenvalue weighted by molar-refractivity contribution is 0.242. The zero-order valence-corrected chi connectivity index (χ0v) is 10.0. The largest absolute Gasteiger partial charge is 0.0844 e. The molecule has 0 amide bonds. The fourth-order valence-electron chi connectivity index (χ4n) is 3.05. The molecular weight excluding hydrogens is 180 g/mol. The molecule has 0 aromatic rings. The molecule has 0 radical (unpaired) electrons. The normalized spacial score (nSPS) is 31.4. The number of hydrogen-bond acceptors (Lipinski definition) is 0. The molecule has 0 bridgehead atoms. The van der Waals surface area contributed by atoms with Crippen LogP contribution in [0.25, 0.3) is 0 Å². The topological polar surface area (TPSA) is 0 Å². The summed E-state index contributed by atoms with van der Waals surface area (Å²) in [6.45, 7) is 2.46. The van der Waals surface area contributed by atoms with Gasteiger partial charge in [0.15, 0.2) is 0 Å². The van der Waals surface area contributed by atoms with E-state index in [9.17, 15) is 0 Å². The van der Waals surface area contributed by atoms with Gasteiger partial charge in [-0.2, -0.15) is 0 Å². The predicted octanol–water partition coefficient (Wildman–Crippen LogP) is 4.87. The van der Waals surface area contributed by atoms with Gasteiger partial charge in [0.05, 0.1) is 0 Å². The third kappa shape index (κ3) is 3.22. The first-order valence-corrected chi connectivity index (χ1v) is 6.69. The average molecular weight is 204 g/mol. The molecule has 2 atom stereocenters. The molecule has 84 valence electrons. The van der Waals surface area contributed by atoms with Crippen LogP contribution in [0.5, 0.6) is 0 Å². The van der Waals surface area contributed by atoms with Gasteiger partial charge in [-0.05, 0) is 37.5 Å². The summed E-state index contributed by atoms with van der Waals surface area (Å²) in [4.78, 5) is 0. The van der Waals surface area contributed by atoms with Crippen LogP contribution in [-0.4, -0.2) is 0 Å². The van der Waals surface area contributed by atoms with E-state index in [1.54, 1.807) is 5.57 Å². The second kappa shape index (κ2) is 5.53. The fourth-order valence-corrected chi connectivity index (χ4v) is 3.05. The summed E-state index contributed by atoms with van der Waals surface area (Å²) in [6.07, 6.45) is 18.2. The Morgan fingerprint density at radius 1 is 1.20 bits per heavy atom.